The van der Waals surface area contributed by atoms with Crippen LogP contribution in [-0.4, -0.2) is 29.7 Å². The third-order valence-corrected chi connectivity index (χ3v) is 4.12. The highest BCUT2D eigenvalue weighted by molar-refractivity contribution is 5.75. The maximum absolute atomic E-state index is 11.7. The molecule has 0 radical (unpaired) electrons. The Balaban J connectivity index is 2.18. The van der Waals surface area contributed by atoms with Gasteiger partial charge < -0.3 is 16.2 Å². The summed E-state index contributed by atoms with van der Waals surface area (Å²) >= 11 is 0. The first-order valence-electron chi connectivity index (χ1n) is 7.16. The molecule has 0 saturated heterocycles. The Kier molecular flexibility index (Phi) is 6.09. The Morgan fingerprint density at radius 3 is 2.50 bits per heavy atom. The second kappa shape index (κ2) is 7.10. The molecule has 0 aromatic carbocycles. The molecule has 1 rings (SSSR count). The maximum atomic E-state index is 11.7. The minimum atomic E-state index is -0.621. The molecular formula is C14H28N2O2. The summed E-state index contributed by atoms with van der Waals surface area (Å²) in [5.74, 6) is 1.14. The van der Waals surface area contributed by atoms with Gasteiger partial charge in [-0.25, -0.2) is 0 Å². The van der Waals surface area contributed by atoms with Gasteiger partial charge in [-0.2, -0.15) is 0 Å². The highest BCUT2D eigenvalue weighted by atomic mass is 16.3. The third-order valence-electron chi connectivity index (χ3n) is 4.12. The van der Waals surface area contributed by atoms with Crippen molar-refractivity contribution in [3.05, 3.63) is 0 Å². The minimum Gasteiger partial charge on any atom is -0.388 e. The lowest BCUT2D eigenvalue weighted by Gasteiger charge is -2.36. The molecule has 1 amide bonds. The van der Waals surface area contributed by atoms with Crippen LogP contribution in [0.4, 0.5) is 0 Å². The largest absolute Gasteiger partial charge is 0.388 e. The zero-order valence-electron chi connectivity index (χ0n) is 11.7. The predicted octanol–water partition coefficient (Wildman–Crippen LogP) is 1.42. The van der Waals surface area contributed by atoms with E-state index in [1.807, 2.05) is 0 Å². The molecule has 4 nitrogen and oxygen atoms in total. The lowest BCUT2D eigenvalue weighted by molar-refractivity contribution is -0.123. The summed E-state index contributed by atoms with van der Waals surface area (Å²) in [6.07, 6.45) is 5.11. The van der Waals surface area contributed by atoms with E-state index in [9.17, 15) is 9.90 Å². The summed E-state index contributed by atoms with van der Waals surface area (Å²) in [5.41, 5.74) is 4.96. The number of amides is 1. The second-order valence-electron chi connectivity index (χ2n) is 5.97. The fraction of sp³-hybridized carbons (Fsp3) is 0.929. The van der Waals surface area contributed by atoms with E-state index in [1.165, 1.54) is 0 Å². The van der Waals surface area contributed by atoms with E-state index < -0.39 is 5.60 Å². The fourth-order valence-corrected chi connectivity index (χ4v) is 2.45. The first kappa shape index (κ1) is 15.4. The Hall–Kier alpha value is -0.610. The Labute approximate surface area is 110 Å². The number of carbonyl (C=O) groups is 1. The van der Waals surface area contributed by atoms with Gasteiger partial charge in [0.15, 0.2) is 0 Å². The average Bonchev–Trinajstić information content (AvgIpc) is 2.29. The second-order valence-corrected chi connectivity index (χ2v) is 5.97. The minimum absolute atomic E-state index is 0.0537. The lowest BCUT2D eigenvalue weighted by atomic mass is 9.80. The molecule has 18 heavy (non-hydrogen) atoms. The predicted molar refractivity (Wildman–Crippen MR) is 73.0 cm³/mol. The summed E-state index contributed by atoms with van der Waals surface area (Å²) in [6.45, 7) is 5.45. The van der Waals surface area contributed by atoms with Crippen molar-refractivity contribution in [2.45, 2.75) is 58.0 Å². The maximum Gasteiger partial charge on any atom is 0.220 e. The topological polar surface area (TPSA) is 75.4 Å². The van der Waals surface area contributed by atoms with Crippen LogP contribution in [0.15, 0.2) is 0 Å². The van der Waals surface area contributed by atoms with E-state index >= 15 is 0 Å². The van der Waals surface area contributed by atoms with Crippen LogP contribution in [0.25, 0.3) is 0 Å². The van der Waals surface area contributed by atoms with Crippen LogP contribution in [0.1, 0.15) is 52.4 Å². The van der Waals surface area contributed by atoms with Crippen molar-refractivity contribution in [3.63, 3.8) is 0 Å². The molecule has 1 atom stereocenters. The number of nitrogens with one attached hydrogen (secondary N) is 1. The molecule has 1 aliphatic rings. The van der Waals surface area contributed by atoms with Crippen LogP contribution in [0.2, 0.25) is 0 Å². The van der Waals surface area contributed by atoms with Crippen LogP contribution in [0, 0.1) is 11.8 Å². The molecule has 4 N–H and O–H groups in total. The molecule has 0 aromatic heterocycles. The number of carbonyl (C=O) groups excluding carboxylic acids is 1. The van der Waals surface area contributed by atoms with E-state index in [4.69, 9.17) is 5.73 Å². The Bertz CT molecular complexity index is 263. The van der Waals surface area contributed by atoms with E-state index in [-0.39, 0.29) is 5.91 Å². The smallest absolute Gasteiger partial charge is 0.220 e. The summed E-state index contributed by atoms with van der Waals surface area (Å²) in [5, 5.41) is 12.7. The molecule has 1 unspecified atom stereocenters. The van der Waals surface area contributed by atoms with E-state index in [1.54, 1.807) is 0 Å². The van der Waals surface area contributed by atoms with Crippen LogP contribution in [0.5, 0.6) is 0 Å². The average molecular weight is 256 g/mol. The molecule has 106 valence electrons. The summed E-state index contributed by atoms with van der Waals surface area (Å²) in [6, 6.07) is 0. The van der Waals surface area contributed by atoms with Gasteiger partial charge in [0.25, 0.3) is 0 Å². The third kappa shape index (κ3) is 4.94. The normalized spacial score (nSPS) is 19.4. The highest BCUT2D eigenvalue weighted by Gasteiger charge is 2.34. The number of aliphatic hydroxyl groups is 1. The van der Waals surface area contributed by atoms with Crippen molar-refractivity contribution in [1.82, 2.24) is 5.32 Å². The SMILES string of the molecule is CC(C)C(CCN)CCC(=O)NCC1(O)CCC1. The highest BCUT2D eigenvalue weighted by Crippen LogP contribution is 2.30. The molecule has 0 heterocycles. The summed E-state index contributed by atoms with van der Waals surface area (Å²) in [4.78, 5) is 11.7. The number of nitrogens with two attached hydrogens (primary N) is 1. The fourth-order valence-electron chi connectivity index (χ4n) is 2.45. The van der Waals surface area contributed by atoms with Gasteiger partial charge in [-0.15, -0.1) is 0 Å². The monoisotopic (exact) mass is 256 g/mol. The Morgan fingerprint density at radius 2 is 2.06 bits per heavy atom. The number of hydrogen-bond donors (Lipinski definition) is 3. The standard InChI is InChI=1S/C14H28N2O2/c1-11(2)12(6-9-15)4-5-13(17)16-10-14(18)7-3-8-14/h11-12,18H,3-10,15H2,1-2H3,(H,16,17). The molecule has 1 aliphatic carbocycles. The van der Waals surface area contributed by atoms with Gasteiger partial charge in [0.2, 0.25) is 5.91 Å². The van der Waals surface area contributed by atoms with Crippen LogP contribution >= 0.6 is 0 Å². The van der Waals surface area contributed by atoms with Crippen molar-refractivity contribution in [1.29, 1.82) is 0 Å². The van der Waals surface area contributed by atoms with E-state index in [0.29, 0.717) is 31.3 Å². The van der Waals surface area contributed by atoms with Gasteiger partial charge in [0, 0.05) is 13.0 Å². The molecule has 1 saturated carbocycles. The molecule has 0 aromatic rings. The van der Waals surface area contributed by atoms with Gasteiger partial charge in [0.1, 0.15) is 0 Å². The first-order valence-corrected chi connectivity index (χ1v) is 7.16. The molecular weight excluding hydrogens is 228 g/mol. The Morgan fingerprint density at radius 1 is 1.39 bits per heavy atom. The quantitative estimate of drug-likeness (QED) is 0.615. The van der Waals surface area contributed by atoms with Gasteiger partial charge in [-0.1, -0.05) is 13.8 Å². The summed E-state index contributed by atoms with van der Waals surface area (Å²) < 4.78 is 0. The van der Waals surface area contributed by atoms with Crippen LogP contribution < -0.4 is 11.1 Å². The number of rotatable bonds is 8. The zero-order valence-corrected chi connectivity index (χ0v) is 11.7. The van der Waals surface area contributed by atoms with E-state index in [0.717, 1.165) is 32.1 Å². The van der Waals surface area contributed by atoms with Crippen molar-refractivity contribution in [2.75, 3.05) is 13.1 Å². The van der Waals surface area contributed by atoms with Crippen molar-refractivity contribution < 1.29 is 9.90 Å². The van der Waals surface area contributed by atoms with Gasteiger partial charge >= 0.3 is 0 Å². The van der Waals surface area contributed by atoms with Gasteiger partial charge in [-0.3, -0.25) is 4.79 Å². The molecule has 0 bridgehead atoms. The number of hydrogen-bond acceptors (Lipinski definition) is 3. The molecule has 1 fully saturated rings. The lowest BCUT2D eigenvalue weighted by Crippen LogP contribution is -2.47. The molecule has 4 heteroatoms. The van der Waals surface area contributed by atoms with Crippen molar-refractivity contribution >= 4 is 5.91 Å². The van der Waals surface area contributed by atoms with Crippen LogP contribution in [-0.2, 0) is 4.79 Å². The van der Waals surface area contributed by atoms with Crippen molar-refractivity contribution in [3.8, 4) is 0 Å². The van der Waals surface area contributed by atoms with Crippen molar-refractivity contribution in [2.24, 2.45) is 17.6 Å². The van der Waals surface area contributed by atoms with Crippen LogP contribution in [0.3, 0.4) is 0 Å². The molecule has 0 aliphatic heterocycles. The first-order chi connectivity index (χ1) is 8.47. The van der Waals surface area contributed by atoms with Gasteiger partial charge in [-0.05, 0) is 50.5 Å². The molecule has 0 spiro atoms. The summed E-state index contributed by atoms with van der Waals surface area (Å²) in [7, 11) is 0. The van der Waals surface area contributed by atoms with Gasteiger partial charge in [0.05, 0.1) is 5.60 Å². The zero-order chi connectivity index (χ0) is 13.6. The van der Waals surface area contributed by atoms with E-state index in [2.05, 4.69) is 19.2 Å².